The molecule has 17 heavy (non-hydrogen) atoms. The molecule has 1 heterocycles. The lowest BCUT2D eigenvalue weighted by Crippen LogP contribution is -1.96. The molecule has 5 heteroatoms. The average Bonchev–Trinajstić information content (AvgIpc) is 2.77. The fourth-order valence-electron chi connectivity index (χ4n) is 1.41. The first kappa shape index (κ1) is 11.1. The summed E-state index contributed by atoms with van der Waals surface area (Å²) in [5.41, 5.74) is 0.685. The normalized spacial score (nSPS) is 12.0. The van der Waals surface area contributed by atoms with Gasteiger partial charge in [0.25, 0.3) is 0 Å². The highest BCUT2D eigenvalue weighted by Gasteiger charge is 2.11. The number of aromatic nitrogens is 2. The zero-order chi connectivity index (χ0) is 12.3. The van der Waals surface area contributed by atoms with E-state index in [4.69, 9.17) is 9.78 Å². The third-order valence-corrected chi connectivity index (χ3v) is 2.27. The minimum Gasteiger partial charge on any atom is -0.508 e. The maximum Gasteiger partial charge on any atom is 0.228 e. The molecule has 1 atom stereocenters. The fraction of sp³-hybridized carbons (Fsp3) is 0.250. The van der Waals surface area contributed by atoms with Crippen molar-refractivity contribution in [3.63, 3.8) is 0 Å². The van der Waals surface area contributed by atoms with Crippen LogP contribution in [0.3, 0.4) is 0 Å². The number of hydrogen-bond donors (Lipinski definition) is 1. The maximum absolute atomic E-state index is 9.34. The molecule has 0 amide bonds. The Bertz CT molecular complexity index is 557. The van der Waals surface area contributed by atoms with Crippen LogP contribution in [0.5, 0.6) is 5.75 Å². The summed E-state index contributed by atoms with van der Waals surface area (Å²) in [6.45, 7) is 1.79. The Labute approximate surface area is 98.3 Å². The average molecular weight is 229 g/mol. The van der Waals surface area contributed by atoms with Gasteiger partial charge >= 0.3 is 0 Å². The summed E-state index contributed by atoms with van der Waals surface area (Å²) in [5, 5.41) is 21.8. The quantitative estimate of drug-likeness (QED) is 0.871. The third kappa shape index (κ3) is 2.61. The first-order valence-electron chi connectivity index (χ1n) is 5.20. The molecular weight excluding hydrogens is 218 g/mol. The summed E-state index contributed by atoms with van der Waals surface area (Å²) in [6, 6.07) is 8.72. The summed E-state index contributed by atoms with van der Waals surface area (Å²) >= 11 is 0. The van der Waals surface area contributed by atoms with Crippen LogP contribution < -0.4 is 0 Å². The van der Waals surface area contributed by atoms with E-state index in [0.717, 1.165) is 0 Å². The van der Waals surface area contributed by atoms with Crippen molar-refractivity contribution in [2.75, 3.05) is 0 Å². The smallest absolute Gasteiger partial charge is 0.228 e. The predicted molar refractivity (Wildman–Crippen MR) is 59.9 cm³/mol. The molecule has 0 aliphatic heterocycles. The van der Waals surface area contributed by atoms with Crippen LogP contribution in [0.25, 0.3) is 11.4 Å². The van der Waals surface area contributed by atoms with Crippen LogP contribution in [-0.2, 0) is 6.42 Å². The fourth-order valence-corrected chi connectivity index (χ4v) is 1.41. The van der Waals surface area contributed by atoms with Gasteiger partial charge in [0, 0.05) is 12.0 Å². The molecule has 0 saturated heterocycles. The first-order valence-corrected chi connectivity index (χ1v) is 5.20. The van der Waals surface area contributed by atoms with Gasteiger partial charge in [-0.05, 0) is 19.1 Å². The van der Waals surface area contributed by atoms with Gasteiger partial charge in [-0.15, -0.1) is 0 Å². The molecular formula is C12H11N3O2. The molecule has 1 aromatic heterocycles. The second-order valence-corrected chi connectivity index (χ2v) is 3.80. The standard InChI is InChI=1S/C12H11N3O2/c1-8(7-13)5-11-14-12(15-17-11)9-3-2-4-10(16)6-9/h2-4,6,8,16H,5H2,1H3. The van der Waals surface area contributed by atoms with E-state index in [1.54, 1.807) is 31.2 Å². The van der Waals surface area contributed by atoms with Crippen molar-refractivity contribution < 1.29 is 9.63 Å². The Balaban J connectivity index is 2.21. The minimum absolute atomic E-state index is 0.152. The van der Waals surface area contributed by atoms with E-state index in [1.165, 1.54) is 0 Å². The van der Waals surface area contributed by atoms with Crippen LogP contribution in [0.15, 0.2) is 28.8 Å². The van der Waals surface area contributed by atoms with E-state index < -0.39 is 0 Å². The number of nitrogens with zero attached hydrogens (tertiary/aromatic N) is 3. The third-order valence-electron chi connectivity index (χ3n) is 2.27. The van der Waals surface area contributed by atoms with Crippen LogP contribution in [-0.4, -0.2) is 15.2 Å². The van der Waals surface area contributed by atoms with Gasteiger partial charge in [0.1, 0.15) is 5.75 Å². The van der Waals surface area contributed by atoms with Crippen LogP contribution >= 0.6 is 0 Å². The molecule has 0 fully saturated rings. The van der Waals surface area contributed by atoms with Crippen molar-refractivity contribution in [2.24, 2.45) is 5.92 Å². The van der Waals surface area contributed by atoms with Crippen molar-refractivity contribution in [2.45, 2.75) is 13.3 Å². The number of phenols is 1. The van der Waals surface area contributed by atoms with E-state index in [0.29, 0.717) is 23.7 Å². The lowest BCUT2D eigenvalue weighted by Gasteiger charge is -1.95. The van der Waals surface area contributed by atoms with E-state index in [2.05, 4.69) is 16.2 Å². The van der Waals surface area contributed by atoms with Gasteiger partial charge in [0.05, 0.1) is 12.0 Å². The van der Waals surface area contributed by atoms with Gasteiger partial charge in [-0.2, -0.15) is 10.2 Å². The summed E-state index contributed by atoms with van der Waals surface area (Å²) < 4.78 is 5.04. The van der Waals surface area contributed by atoms with Crippen molar-refractivity contribution in [3.8, 4) is 23.2 Å². The van der Waals surface area contributed by atoms with E-state index in [-0.39, 0.29) is 11.7 Å². The second-order valence-electron chi connectivity index (χ2n) is 3.80. The van der Waals surface area contributed by atoms with Gasteiger partial charge in [0.15, 0.2) is 0 Å². The maximum atomic E-state index is 9.34. The number of phenolic OH excluding ortho intramolecular Hbond substituents is 1. The molecule has 0 spiro atoms. The number of rotatable bonds is 3. The zero-order valence-corrected chi connectivity index (χ0v) is 9.29. The molecule has 0 bridgehead atoms. The van der Waals surface area contributed by atoms with Gasteiger partial charge < -0.3 is 9.63 Å². The summed E-state index contributed by atoms with van der Waals surface area (Å²) in [7, 11) is 0. The highest BCUT2D eigenvalue weighted by molar-refractivity contribution is 5.56. The van der Waals surface area contributed by atoms with Gasteiger partial charge in [-0.1, -0.05) is 17.3 Å². The molecule has 0 aliphatic carbocycles. The summed E-state index contributed by atoms with van der Waals surface area (Å²) in [4.78, 5) is 4.17. The predicted octanol–water partition coefficient (Wildman–Crippen LogP) is 2.14. The van der Waals surface area contributed by atoms with E-state index in [1.807, 2.05) is 0 Å². The zero-order valence-electron chi connectivity index (χ0n) is 9.29. The Hall–Kier alpha value is -2.35. The van der Waals surface area contributed by atoms with Crippen molar-refractivity contribution in [1.29, 1.82) is 5.26 Å². The highest BCUT2D eigenvalue weighted by atomic mass is 16.5. The van der Waals surface area contributed by atoms with Gasteiger partial charge in [-0.3, -0.25) is 0 Å². The van der Waals surface area contributed by atoms with Crippen LogP contribution in [0.1, 0.15) is 12.8 Å². The van der Waals surface area contributed by atoms with Crippen LogP contribution in [0.4, 0.5) is 0 Å². The number of nitriles is 1. The Morgan fingerprint density at radius 1 is 1.53 bits per heavy atom. The second kappa shape index (κ2) is 4.66. The van der Waals surface area contributed by atoms with Crippen molar-refractivity contribution in [1.82, 2.24) is 10.1 Å². The van der Waals surface area contributed by atoms with Gasteiger partial charge in [-0.25, -0.2) is 0 Å². The van der Waals surface area contributed by atoms with Crippen LogP contribution in [0.2, 0.25) is 0 Å². The van der Waals surface area contributed by atoms with Crippen LogP contribution in [0, 0.1) is 17.2 Å². The Kier molecular flexibility index (Phi) is 3.06. The Morgan fingerprint density at radius 3 is 3.06 bits per heavy atom. The lowest BCUT2D eigenvalue weighted by atomic mass is 10.1. The molecule has 1 unspecified atom stereocenters. The summed E-state index contributed by atoms with van der Waals surface area (Å²) in [5.74, 6) is 0.838. The molecule has 1 N–H and O–H groups in total. The molecule has 2 rings (SSSR count). The Morgan fingerprint density at radius 2 is 2.35 bits per heavy atom. The molecule has 2 aromatic rings. The van der Waals surface area contributed by atoms with Crippen molar-refractivity contribution in [3.05, 3.63) is 30.2 Å². The monoisotopic (exact) mass is 229 g/mol. The number of hydrogen-bond acceptors (Lipinski definition) is 5. The SMILES string of the molecule is CC(C#N)Cc1nc(-c2cccc(O)c2)no1. The molecule has 0 aliphatic rings. The largest absolute Gasteiger partial charge is 0.508 e. The topological polar surface area (TPSA) is 82.9 Å². The highest BCUT2D eigenvalue weighted by Crippen LogP contribution is 2.20. The molecule has 5 nitrogen and oxygen atoms in total. The molecule has 86 valence electrons. The first-order chi connectivity index (χ1) is 8.19. The molecule has 0 radical (unpaired) electrons. The number of aromatic hydroxyl groups is 1. The van der Waals surface area contributed by atoms with E-state index in [9.17, 15) is 5.11 Å². The summed E-state index contributed by atoms with van der Waals surface area (Å²) in [6.07, 6.45) is 0.433. The lowest BCUT2D eigenvalue weighted by molar-refractivity contribution is 0.369. The molecule has 0 saturated carbocycles. The minimum atomic E-state index is -0.160. The number of benzene rings is 1. The van der Waals surface area contributed by atoms with E-state index >= 15 is 0 Å². The molecule has 1 aromatic carbocycles. The van der Waals surface area contributed by atoms with Crippen molar-refractivity contribution >= 4 is 0 Å². The van der Waals surface area contributed by atoms with Gasteiger partial charge in [0.2, 0.25) is 11.7 Å².